The topological polar surface area (TPSA) is 88.0 Å². The van der Waals surface area contributed by atoms with Crippen molar-refractivity contribution in [1.82, 2.24) is 10.3 Å². The molecular weight excluding hydrogens is 478 g/mol. The fraction of sp³-hybridized carbons (Fsp3) is 0.538. The summed E-state index contributed by atoms with van der Waals surface area (Å²) < 4.78 is 5.39. The van der Waals surface area contributed by atoms with Crippen molar-refractivity contribution in [2.75, 3.05) is 24.2 Å². The Balaban J connectivity index is 1.41. The maximum atomic E-state index is 11.2. The van der Waals surface area contributed by atoms with Gasteiger partial charge in [0.1, 0.15) is 11.8 Å². The summed E-state index contributed by atoms with van der Waals surface area (Å²) in [6.45, 7) is 9.06. The van der Waals surface area contributed by atoms with Gasteiger partial charge in [0.05, 0.1) is 5.70 Å². The lowest BCUT2D eigenvalue weighted by Gasteiger charge is -2.18. The lowest BCUT2D eigenvalue weighted by Crippen LogP contribution is -2.35. The first-order valence-corrected chi connectivity index (χ1v) is 14.4. The van der Waals surface area contributed by atoms with Crippen molar-refractivity contribution in [3.05, 3.63) is 39.8 Å². The van der Waals surface area contributed by atoms with E-state index in [0.717, 1.165) is 92.7 Å². The summed E-state index contributed by atoms with van der Waals surface area (Å²) in [7, 11) is 0. The molecule has 2 N–H and O–H groups in total. The van der Waals surface area contributed by atoms with E-state index in [1.54, 1.807) is 11.8 Å². The lowest BCUT2D eigenvalue weighted by molar-refractivity contribution is -0.146. The number of guanidine groups is 1. The number of hydrogen-bond donors (Lipinski definition) is 2. The number of allylic oxidation sites excluding steroid dienone is 4. The second-order valence-electron chi connectivity index (χ2n) is 8.61. The molecule has 35 heavy (non-hydrogen) atoms. The van der Waals surface area contributed by atoms with Crippen molar-refractivity contribution in [2.45, 2.75) is 71.3 Å². The van der Waals surface area contributed by atoms with E-state index in [4.69, 9.17) is 4.74 Å². The first-order chi connectivity index (χ1) is 17.1. The molecule has 0 spiro atoms. The van der Waals surface area contributed by atoms with Crippen LogP contribution in [0.15, 0.2) is 44.1 Å². The standard InChI is InChI=1S/C26H37N5O2S2/c1-4-22(33-19(2)32)12-11-21-9-5-8-20(16-21)10-6-15-34-17-23(27-3)24-18-35-26(30-24)31-25-28-13-7-14-29-25/h8,16-18,22H,3-7,9-15H2,1-2H3,(H2,28,29,30,31)/b23-17-. The highest BCUT2D eigenvalue weighted by Gasteiger charge is 2.13. The van der Waals surface area contributed by atoms with Gasteiger partial charge in [-0.05, 0) is 69.2 Å². The summed E-state index contributed by atoms with van der Waals surface area (Å²) in [5.41, 5.74) is 4.53. The first kappa shape index (κ1) is 27.2. The van der Waals surface area contributed by atoms with E-state index < -0.39 is 0 Å². The third-order valence-electron chi connectivity index (χ3n) is 5.82. The maximum absolute atomic E-state index is 11.2. The van der Waals surface area contributed by atoms with E-state index in [-0.39, 0.29) is 12.1 Å². The molecule has 0 amide bonds. The van der Waals surface area contributed by atoms with Gasteiger partial charge in [-0.25, -0.2) is 4.98 Å². The van der Waals surface area contributed by atoms with E-state index in [0.29, 0.717) is 0 Å². The molecule has 2 aliphatic rings. The largest absolute Gasteiger partial charge is 0.463 e. The van der Waals surface area contributed by atoms with Gasteiger partial charge >= 0.3 is 5.97 Å². The molecule has 7 nitrogen and oxygen atoms in total. The number of nitrogens with one attached hydrogen (secondary N) is 2. The number of aliphatic imine (C=N–C) groups is 2. The molecule has 1 aliphatic heterocycles. The molecular formula is C26H37N5O2S2. The average Bonchev–Trinajstić information content (AvgIpc) is 3.32. The molecule has 0 saturated carbocycles. The van der Waals surface area contributed by atoms with Crippen molar-refractivity contribution in [3.8, 4) is 0 Å². The molecule has 0 bridgehead atoms. The van der Waals surface area contributed by atoms with Crippen LogP contribution in [0.25, 0.3) is 5.70 Å². The predicted molar refractivity (Wildman–Crippen MR) is 150 cm³/mol. The Morgan fingerprint density at radius 3 is 3.09 bits per heavy atom. The fourth-order valence-corrected chi connectivity index (χ4v) is 5.46. The van der Waals surface area contributed by atoms with E-state index in [2.05, 4.69) is 56.8 Å². The molecule has 0 saturated heterocycles. The molecule has 190 valence electrons. The van der Waals surface area contributed by atoms with Crippen LogP contribution >= 0.6 is 23.1 Å². The summed E-state index contributed by atoms with van der Waals surface area (Å²) in [5, 5.41) is 11.3. The summed E-state index contributed by atoms with van der Waals surface area (Å²) in [6, 6.07) is 0. The number of carbonyl (C=O) groups excluding carboxylic acids is 1. The molecule has 1 aromatic heterocycles. The van der Waals surface area contributed by atoms with Crippen molar-refractivity contribution >= 4 is 52.6 Å². The van der Waals surface area contributed by atoms with Crippen LogP contribution in [0.2, 0.25) is 0 Å². The van der Waals surface area contributed by atoms with Crippen molar-refractivity contribution in [2.24, 2.45) is 9.98 Å². The number of aromatic nitrogens is 1. The number of thioether (sulfide) groups is 1. The maximum Gasteiger partial charge on any atom is 0.302 e. The Kier molecular flexibility index (Phi) is 11.6. The van der Waals surface area contributed by atoms with E-state index in [1.165, 1.54) is 29.4 Å². The fourth-order valence-electron chi connectivity index (χ4n) is 3.98. The van der Waals surface area contributed by atoms with E-state index >= 15 is 0 Å². The van der Waals surface area contributed by atoms with Crippen LogP contribution in [0.4, 0.5) is 5.13 Å². The molecule has 0 radical (unpaired) electrons. The van der Waals surface area contributed by atoms with Gasteiger partial charge in [0.25, 0.3) is 0 Å². The Morgan fingerprint density at radius 1 is 1.46 bits per heavy atom. The van der Waals surface area contributed by atoms with Gasteiger partial charge in [0.2, 0.25) is 0 Å². The highest BCUT2D eigenvalue weighted by atomic mass is 32.2. The predicted octanol–water partition coefficient (Wildman–Crippen LogP) is 6.19. The summed E-state index contributed by atoms with van der Waals surface area (Å²) in [4.78, 5) is 24.5. The van der Waals surface area contributed by atoms with Gasteiger partial charge in [-0.2, -0.15) is 0 Å². The molecule has 0 fully saturated rings. The molecule has 1 aromatic rings. The van der Waals surface area contributed by atoms with Crippen molar-refractivity contribution in [3.63, 3.8) is 0 Å². The smallest absolute Gasteiger partial charge is 0.302 e. The second-order valence-corrected chi connectivity index (χ2v) is 10.4. The molecule has 2 heterocycles. The zero-order valence-corrected chi connectivity index (χ0v) is 22.5. The number of thiazole rings is 1. The number of rotatable bonds is 13. The van der Waals surface area contributed by atoms with Crippen LogP contribution in [0.1, 0.15) is 70.9 Å². The first-order valence-electron chi connectivity index (χ1n) is 12.4. The van der Waals surface area contributed by atoms with Crippen molar-refractivity contribution < 1.29 is 9.53 Å². The third-order valence-corrected chi connectivity index (χ3v) is 7.49. The van der Waals surface area contributed by atoms with Crippen molar-refractivity contribution in [1.29, 1.82) is 0 Å². The van der Waals surface area contributed by atoms with Gasteiger partial charge in [-0.3, -0.25) is 14.8 Å². The second kappa shape index (κ2) is 14.9. The lowest BCUT2D eigenvalue weighted by atomic mass is 9.93. The van der Waals surface area contributed by atoms with Gasteiger partial charge in [0.15, 0.2) is 11.1 Å². The molecule has 1 atom stereocenters. The normalized spacial score (nSPS) is 17.0. The van der Waals surface area contributed by atoms with E-state index in [1.807, 2.05) is 5.38 Å². The van der Waals surface area contributed by atoms with Gasteiger partial charge in [0, 0.05) is 25.4 Å². The van der Waals surface area contributed by atoms with Crippen LogP contribution in [0, 0.1) is 0 Å². The number of anilines is 1. The third kappa shape index (κ3) is 9.64. The van der Waals surface area contributed by atoms with Gasteiger partial charge in [-0.1, -0.05) is 30.2 Å². The zero-order valence-electron chi connectivity index (χ0n) is 20.8. The Bertz CT molecular complexity index is 980. The Labute approximate surface area is 217 Å². The number of nitrogens with zero attached hydrogens (tertiary/aromatic N) is 3. The van der Waals surface area contributed by atoms with Crippen LogP contribution in [0.5, 0.6) is 0 Å². The summed E-state index contributed by atoms with van der Waals surface area (Å²) in [5.74, 6) is 1.61. The van der Waals surface area contributed by atoms with Crippen LogP contribution in [-0.2, 0) is 9.53 Å². The number of ether oxygens (including phenoxy) is 1. The minimum atomic E-state index is -0.185. The van der Waals surface area contributed by atoms with Gasteiger partial charge < -0.3 is 15.4 Å². The van der Waals surface area contributed by atoms with Gasteiger partial charge in [-0.15, -0.1) is 23.1 Å². The number of hydrogen-bond acceptors (Lipinski definition) is 9. The van der Waals surface area contributed by atoms with Crippen LogP contribution in [-0.4, -0.2) is 48.6 Å². The van der Waals surface area contributed by atoms with Crippen LogP contribution in [0.3, 0.4) is 0 Å². The highest BCUT2D eigenvalue weighted by Crippen LogP contribution is 2.27. The highest BCUT2D eigenvalue weighted by molar-refractivity contribution is 8.02. The number of esters is 1. The SMILES string of the molecule is C=N/C(=C\SCCCC1=CCCC(CCC(CC)OC(C)=O)=C1)c1csc(NC2=NCCCN2)n1. The molecule has 1 aliphatic carbocycles. The quantitative estimate of drug-likeness (QED) is 0.185. The Morgan fingerprint density at radius 2 is 2.34 bits per heavy atom. The minimum Gasteiger partial charge on any atom is -0.463 e. The summed E-state index contributed by atoms with van der Waals surface area (Å²) >= 11 is 3.29. The Hall–Kier alpha value is -2.39. The summed E-state index contributed by atoms with van der Waals surface area (Å²) in [6.07, 6.45) is 13.0. The molecule has 3 rings (SSSR count). The monoisotopic (exact) mass is 515 g/mol. The minimum absolute atomic E-state index is 0.0286. The van der Waals surface area contributed by atoms with E-state index in [9.17, 15) is 4.79 Å². The average molecular weight is 516 g/mol. The molecule has 0 aromatic carbocycles. The number of carbonyl (C=O) groups is 1. The molecule has 1 unspecified atom stereocenters. The zero-order chi connectivity index (χ0) is 24.9. The van der Waals surface area contributed by atoms with Crippen LogP contribution < -0.4 is 10.6 Å². The molecule has 9 heteroatoms.